The first-order valence-corrected chi connectivity index (χ1v) is 7.74. The number of carbonyl (C=O) groups is 3. The Balaban J connectivity index is 2.05. The van der Waals surface area contributed by atoms with Crippen LogP contribution < -0.4 is 10.6 Å². The lowest BCUT2D eigenvalue weighted by Crippen LogP contribution is -2.32. The van der Waals surface area contributed by atoms with Gasteiger partial charge in [-0.15, -0.1) is 0 Å². The molecule has 0 aliphatic carbocycles. The lowest BCUT2D eigenvalue weighted by molar-refractivity contribution is -0.141. The number of nitrogens with one attached hydrogen (secondary N) is 2. The van der Waals surface area contributed by atoms with E-state index in [0.29, 0.717) is 12.3 Å². The zero-order valence-electron chi connectivity index (χ0n) is 14.2. The number of hydrogen-bond acceptors (Lipinski definition) is 5. The molecule has 0 saturated carbocycles. The van der Waals surface area contributed by atoms with Gasteiger partial charge >= 0.3 is 5.97 Å². The van der Waals surface area contributed by atoms with Gasteiger partial charge in [0.1, 0.15) is 13.1 Å². The van der Waals surface area contributed by atoms with Crippen molar-refractivity contribution in [1.29, 1.82) is 0 Å². The van der Waals surface area contributed by atoms with Gasteiger partial charge in [-0.2, -0.15) is 0 Å². The molecule has 0 aliphatic rings. The Labute approximate surface area is 145 Å². The van der Waals surface area contributed by atoms with Crippen molar-refractivity contribution >= 4 is 34.4 Å². The molecule has 0 bridgehead atoms. The van der Waals surface area contributed by atoms with Crippen LogP contribution >= 0.6 is 0 Å². The molecule has 0 spiro atoms. The summed E-state index contributed by atoms with van der Waals surface area (Å²) < 4.78 is 11.1. The molecule has 1 heterocycles. The molecule has 2 amide bonds. The molecule has 0 fully saturated rings. The van der Waals surface area contributed by atoms with Crippen LogP contribution in [-0.2, 0) is 30.4 Å². The average molecular weight is 347 g/mol. The number of benzene rings is 1. The van der Waals surface area contributed by atoms with Crippen molar-refractivity contribution in [1.82, 2.24) is 9.88 Å². The van der Waals surface area contributed by atoms with Crippen LogP contribution in [0.3, 0.4) is 0 Å². The molecule has 2 rings (SSSR count). The summed E-state index contributed by atoms with van der Waals surface area (Å²) in [6.07, 6.45) is 2.05. The summed E-state index contributed by atoms with van der Waals surface area (Å²) in [6, 6.07) is 7.34. The number of nitrogens with zero attached hydrogens (tertiary/aromatic N) is 1. The van der Waals surface area contributed by atoms with Crippen molar-refractivity contribution in [3.8, 4) is 0 Å². The monoisotopic (exact) mass is 347 g/mol. The number of amides is 2. The van der Waals surface area contributed by atoms with Crippen LogP contribution in [0.2, 0.25) is 0 Å². The summed E-state index contributed by atoms with van der Waals surface area (Å²) in [5.41, 5.74) is 1.45. The van der Waals surface area contributed by atoms with E-state index in [1.165, 1.54) is 14.2 Å². The van der Waals surface area contributed by atoms with Crippen LogP contribution in [0, 0.1) is 0 Å². The van der Waals surface area contributed by atoms with E-state index < -0.39 is 5.97 Å². The minimum atomic E-state index is -0.508. The zero-order valence-corrected chi connectivity index (χ0v) is 14.2. The fraction of sp³-hybridized carbons (Fsp3) is 0.353. The van der Waals surface area contributed by atoms with E-state index in [1.54, 1.807) is 22.9 Å². The number of aromatic nitrogens is 1. The van der Waals surface area contributed by atoms with E-state index in [4.69, 9.17) is 4.74 Å². The fourth-order valence-electron chi connectivity index (χ4n) is 2.27. The van der Waals surface area contributed by atoms with E-state index in [9.17, 15) is 14.4 Å². The highest BCUT2D eigenvalue weighted by Crippen LogP contribution is 2.20. The van der Waals surface area contributed by atoms with Gasteiger partial charge in [0, 0.05) is 19.0 Å². The van der Waals surface area contributed by atoms with Gasteiger partial charge in [-0.3, -0.25) is 14.4 Å². The third-order valence-electron chi connectivity index (χ3n) is 3.56. The first kappa shape index (κ1) is 18.5. The van der Waals surface area contributed by atoms with Gasteiger partial charge in [-0.1, -0.05) is 6.07 Å². The Kier molecular flexibility index (Phi) is 6.53. The summed E-state index contributed by atoms with van der Waals surface area (Å²) in [4.78, 5) is 34.8. The first-order chi connectivity index (χ1) is 12.0. The maximum absolute atomic E-state index is 11.9. The third kappa shape index (κ3) is 5.32. The predicted molar refractivity (Wildman–Crippen MR) is 92.1 cm³/mol. The van der Waals surface area contributed by atoms with E-state index in [2.05, 4.69) is 15.4 Å². The summed E-state index contributed by atoms with van der Waals surface area (Å²) in [5, 5.41) is 6.22. The van der Waals surface area contributed by atoms with Crippen molar-refractivity contribution in [3.05, 3.63) is 30.5 Å². The Bertz CT molecular complexity index is 769. The molecule has 1 aromatic heterocycles. The van der Waals surface area contributed by atoms with E-state index in [1.807, 2.05) is 12.1 Å². The van der Waals surface area contributed by atoms with Crippen LogP contribution in [0.1, 0.15) is 6.42 Å². The lowest BCUT2D eigenvalue weighted by Gasteiger charge is -2.09. The van der Waals surface area contributed by atoms with E-state index in [-0.39, 0.29) is 31.3 Å². The van der Waals surface area contributed by atoms with Gasteiger partial charge in [-0.05, 0) is 23.6 Å². The third-order valence-corrected chi connectivity index (χ3v) is 3.56. The minimum Gasteiger partial charge on any atom is -0.468 e. The van der Waals surface area contributed by atoms with E-state index >= 15 is 0 Å². The molecule has 25 heavy (non-hydrogen) atoms. The highest BCUT2D eigenvalue weighted by molar-refractivity contribution is 5.94. The van der Waals surface area contributed by atoms with Gasteiger partial charge in [0.15, 0.2) is 0 Å². The fourth-order valence-corrected chi connectivity index (χ4v) is 2.27. The Morgan fingerprint density at radius 3 is 2.64 bits per heavy atom. The van der Waals surface area contributed by atoms with Crippen LogP contribution in [0.4, 0.5) is 5.69 Å². The lowest BCUT2D eigenvalue weighted by atomic mass is 10.2. The molecular formula is C17H21N3O5. The summed E-state index contributed by atoms with van der Waals surface area (Å²) in [6.45, 7) is 0.238. The number of ether oxygens (including phenoxy) is 2. The van der Waals surface area contributed by atoms with Gasteiger partial charge < -0.3 is 24.7 Å². The van der Waals surface area contributed by atoms with Crippen molar-refractivity contribution in [2.24, 2.45) is 0 Å². The number of esters is 1. The molecule has 8 nitrogen and oxygen atoms in total. The minimum absolute atomic E-state index is 0.0571. The molecule has 8 heteroatoms. The molecule has 0 radical (unpaired) electrons. The molecule has 134 valence electrons. The Hall–Kier alpha value is -2.87. The number of carbonyl (C=O) groups excluding carboxylic acids is 3. The van der Waals surface area contributed by atoms with Crippen LogP contribution in [0.15, 0.2) is 30.5 Å². The standard InChI is InChI=1S/C17H21N3O5/c1-24-8-6-15(21)19-13-4-3-12-5-7-20(14(12)9-13)11-16(22)18-10-17(23)25-2/h3-5,7,9H,6,8,10-11H2,1-2H3,(H,18,22)(H,19,21). The number of hydrogen-bond donors (Lipinski definition) is 2. The Morgan fingerprint density at radius 2 is 1.92 bits per heavy atom. The van der Waals surface area contributed by atoms with Crippen LogP contribution in [0.25, 0.3) is 10.9 Å². The SMILES string of the molecule is COCCC(=O)Nc1ccc2ccn(CC(=O)NCC(=O)OC)c2c1. The maximum Gasteiger partial charge on any atom is 0.325 e. The molecule has 0 aliphatic heterocycles. The molecule has 2 aromatic rings. The van der Waals surface area contributed by atoms with Gasteiger partial charge in [0.05, 0.1) is 25.7 Å². The second kappa shape index (κ2) is 8.84. The van der Waals surface area contributed by atoms with Gasteiger partial charge in [0.2, 0.25) is 11.8 Å². The number of methoxy groups -OCH3 is 2. The summed E-state index contributed by atoms with van der Waals surface area (Å²) in [5.74, 6) is -0.959. The van der Waals surface area contributed by atoms with Crippen LogP contribution in [-0.4, -0.2) is 49.7 Å². The molecule has 0 atom stereocenters. The van der Waals surface area contributed by atoms with Crippen molar-refractivity contribution < 1.29 is 23.9 Å². The molecule has 1 aromatic carbocycles. The average Bonchev–Trinajstić information content (AvgIpc) is 3.00. The Morgan fingerprint density at radius 1 is 1.12 bits per heavy atom. The second-order valence-corrected chi connectivity index (χ2v) is 5.36. The highest BCUT2D eigenvalue weighted by Gasteiger charge is 2.10. The van der Waals surface area contributed by atoms with Crippen molar-refractivity contribution in [2.75, 3.05) is 32.7 Å². The summed E-state index contributed by atoms with van der Waals surface area (Å²) >= 11 is 0. The predicted octanol–water partition coefficient (Wildman–Crippen LogP) is 0.905. The molecule has 0 unspecified atom stereocenters. The van der Waals surface area contributed by atoms with Gasteiger partial charge in [0.25, 0.3) is 0 Å². The van der Waals surface area contributed by atoms with Crippen LogP contribution in [0.5, 0.6) is 0 Å². The summed E-state index contributed by atoms with van der Waals surface area (Å²) in [7, 11) is 2.80. The molecule has 2 N–H and O–H groups in total. The number of rotatable bonds is 8. The van der Waals surface area contributed by atoms with Crippen molar-refractivity contribution in [2.45, 2.75) is 13.0 Å². The van der Waals surface area contributed by atoms with Crippen molar-refractivity contribution in [3.63, 3.8) is 0 Å². The quantitative estimate of drug-likeness (QED) is 0.692. The molecule has 0 saturated heterocycles. The highest BCUT2D eigenvalue weighted by atomic mass is 16.5. The second-order valence-electron chi connectivity index (χ2n) is 5.36. The van der Waals surface area contributed by atoms with Gasteiger partial charge in [-0.25, -0.2) is 0 Å². The largest absolute Gasteiger partial charge is 0.468 e. The topological polar surface area (TPSA) is 98.7 Å². The normalized spacial score (nSPS) is 10.5. The smallest absolute Gasteiger partial charge is 0.325 e. The van der Waals surface area contributed by atoms with E-state index in [0.717, 1.165) is 10.9 Å². The maximum atomic E-state index is 11.9. The number of anilines is 1. The first-order valence-electron chi connectivity index (χ1n) is 7.74. The molecular weight excluding hydrogens is 326 g/mol. The number of fused-ring (bicyclic) bond motifs is 1. The zero-order chi connectivity index (χ0) is 18.2.